The van der Waals surface area contributed by atoms with Crippen LogP contribution in [-0.2, 0) is 16.4 Å². The first-order valence-corrected chi connectivity index (χ1v) is 11.4. The molecule has 2 aromatic carbocycles. The lowest BCUT2D eigenvalue weighted by molar-refractivity contribution is 0.129. The minimum absolute atomic E-state index is 0.127. The molecule has 148 valence electrons. The Balaban J connectivity index is 1.44. The molecule has 2 aromatic rings. The van der Waals surface area contributed by atoms with Crippen molar-refractivity contribution < 1.29 is 8.42 Å². The zero-order chi connectivity index (χ0) is 19.4. The number of hydrazine groups is 1. The van der Waals surface area contributed by atoms with Gasteiger partial charge in [-0.15, -0.1) is 4.83 Å². The van der Waals surface area contributed by atoms with Crippen LogP contribution in [0.3, 0.4) is 0 Å². The van der Waals surface area contributed by atoms with E-state index < -0.39 is 10.0 Å². The van der Waals surface area contributed by atoms with Crippen LogP contribution in [0.1, 0.15) is 30.4 Å². The van der Waals surface area contributed by atoms with E-state index >= 15 is 0 Å². The maximum Gasteiger partial charge on any atom is 0.253 e. The number of piperazine rings is 1. The van der Waals surface area contributed by atoms with Crippen molar-refractivity contribution in [3.63, 3.8) is 0 Å². The molecule has 0 bridgehead atoms. The van der Waals surface area contributed by atoms with Gasteiger partial charge in [-0.25, -0.2) is 13.4 Å². The van der Waals surface area contributed by atoms with Gasteiger partial charge in [-0.05, 0) is 54.5 Å². The summed E-state index contributed by atoms with van der Waals surface area (Å²) in [6.45, 7) is 2.22. The predicted octanol–water partition coefficient (Wildman–Crippen LogP) is 2.96. The molecule has 6 heteroatoms. The molecule has 1 heterocycles. The van der Waals surface area contributed by atoms with Gasteiger partial charge in [-0.1, -0.05) is 48.5 Å². The highest BCUT2D eigenvalue weighted by molar-refractivity contribution is 7.89. The smallest absolute Gasteiger partial charge is 0.253 e. The van der Waals surface area contributed by atoms with E-state index in [1.54, 1.807) is 24.3 Å². The molecule has 1 atom stereocenters. The highest BCUT2D eigenvalue weighted by Crippen LogP contribution is 2.30. The number of rotatable bonds is 6. The lowest BCUT2D eigenvalue weighted by atomic mass is 9.87. The van der Waals surface area contributed by atoms with Gasteiger partial charge in [-0.3, -0.25) is 0 Å². The molecule has 1 unspecified atom stereocenters. The van der Waals surface area contributed by atoms with Crippen LogP contribution in [0.2, 0.25) is 0 Å². The number of fused-ring (bicyclic) bond motifs is 1. The standard InChI is InChI=1S/C22H27N3O2S/c26-28(27,21-10-2-1-3-11-21)24-25-16-15-23-17-20(25)14-13-19-9-6-8-18-7-4-5-12-22(18)19/h1-5,7,9-12,20,23-24H,6,8,13-17H2. The van der Waals surface area contributed by atoms with Crippen LogP contribution >= 0.6 is 0 Å². The highest BCUT2D eigenvalue weighted by atomic mass is 32.2. The Labute approximate surface area is 167 Å². The molecule has 1 aliphatic heterocycles. The van der Waals surface area contributed by atoms with E-state index in [9.17, 15) is 8.42 Å². The van der Waals surface area contributed by atoms with E-state index in [1.165, 1.54) is 16.7 Å². The van der Waals surface area contributed by atoms with Crippen molar-refractivity contribution in [2.45, 2.75) is 36.6 Å². The van der Waals surface area contributed by atoms with E-state index in [-0.39, 0.29) is 6.04 Å². The number of allylic oxidation sites excluding steroid dienone is 2. The Hall–Kier alpha value is -1.99. The molecule has 28 heavy (non-hydrogen) atoms. The first-order chi connectivity index (χ1) is 13.6. The number of nitrogens with one attached hydrogen (secondary N) is 2. The fourth-order valence-electron chi connectivity index (χ4n) is 4.07. The second-order valence-electron chi connectivity index (χ2n) is 7.42. The van der Waals surface area contributed by atoms with Crippen LogP contribution in [0, 0.1) is 0 Å². The van der Waals surface area contributed by atoms with Crippen molar-refractivity contribution in [3.8, 4) is 0 Å². The third-order valence-electron chi connectivity index (χ3n) is 5.56. The highest BCUT2D eigenvalue weighted by Gasteiger charge is 2.27. The largest absolute Gasteiger partial charge is 0.314 e. The lowest BCUT2D eigenvalue weighted by Gasteiger charge is -2.36. The molecular formula is C22H27N3O2S. The second kappa shape index (κ2) is 8.57. The Morgan fingerprint density at radius 3 is 2.71 bits per heavy atom. The zero-order valence-electron chi connectivity index (χ0n) is 16.0. The van der Waals surface area contributed by atoms with Gasteiger partial charge in [0.25, 0.3) is 10.0 Å². The Morgan fingerprint density at radius 2 is 1.86 bits per heavy atom. The zero-order valence-corrected chi connectivity index (χ0v) is 16.8. The summed E-state index contributed by atoms with van der Waals surface area (Å²) in [7, 11) is -3.55. The molecule has 0 amide bonds. The van der Waals surface area contributed by atoms with Gasteiger partial charge in [0.1, 0.15) is 0 Å². The molecular weight excluding hydrogens is 370 g/mol. The van der Waals surface area contributed by atoms with Gasteiger partial charge >= 0.3 is 0 Å². The minimum Gasteiger partial charge on any atom is -0.314 e. The fourth-order valence-corrected chi connectivity index (χ4v) is 5.24. The maximum atomic E-state index is 12.7. The van der Waals surface area contributed by atoms with Crippen molar-refractivity contribution in [3.05, 3.63) is 71.8 Å². The summed E-state index contributed by atoms with van der Waals surface area (Å²) >= 11 is 0. The molecule has 5 nitrogen and oxygen atoms in total. The van der Waals surface area contributed by atoms with E-state index in [0.29, 0.717) is 11.4 Å². The number of hydrogen-bond donors (Lipinski definition) is 2. The molecule has 2 N–H and O–H groups in total. The minimum atomic E-state index is -3.55. The van der Waals surface area contributed by atoms with E-state index in [4.69, 9.17) is 0 Å². The van der Waals surface area contributed by atoms with Crippen LogP contribution in [0.5, 0.6) is 0 Å². The van der Waals surface area contributed by atoms with Gasteiger partial charge in [0.2, 0.25) is 0 Å². The SMILES string of the molecule is O=S(=O)(NN1CCNCC1CCC1=CCCc2ccccc21)c1ccccc1. The summed E-state index contributed by atoms with van der Waals surface area (Å²) < 4.78 is 25.5. The van der Waals surface area contributed by atoms with Crippen molar-refractivity contribution in [1.29, 1.82) is 0 Å². The summed E-state index contributed by atoms with van der Waals surface area (Å²) in [6.07, 6.45) is 6.39. The maximum absolute atomic E-state index is 12.7. The lowest BCUT2D eigenvalue weighted by Crippen LogP contribution is -2.58. The molecule has 2 aliphatic rings. The van der Waals surface area contributed by atoms with Gasteiger partial charge in [0.15, 0.2) is 0 Å². The van der Waals surface area contributed by atoms with Crippen molar-refractivity contribution in [1.82, 2.24) is 15.2 Å². The van der Waals surface area contributed by atoms with Gasteiger partial charge in [0, 0.05) is 25.7 Å². The third-order valence-corrected chi connectivity index (χ3v) is 6.92. The van der Waals surface area contributed by atoms with Gasteiger partial charge in [-0.2, -0.15) is 0 Å². The van der Waals surface area contributed by atoms with E-state index in [2.05, 4.69) is 40.5 Å². The second-order valence-corrected chi connectivity index (χ2v) is 9.08. The van der Waals surface area contributed by atoms with Crippen LogP contribution in [0.25, 0.3) is 5.57 Å². The van der Waals surface area contributed by atoms with Crippen molar-refractivity contribution >= 4 is 15.6 Å². The summed E-state index contributed by atoms with van der Waals surface area (Å²) in [6, 6.07) is 17.3. The average Bonchev–Trinajstić information content (AvgIpc) is 2.73. The number of hydrogen-bond acceptors (Lipinski definition) is 4. The summed E-state index contributed by atoms with van der Waals surface area (Å²) in [5.74, 6) is 0. The Kier molecular flexibility index (Phi) is 5.92. The quantitative estimate of drug-likeness (QED) is 0.787. The first kappa shape index (κ1) is 19.3. The first-order valence-electron chi connectivity index (χ1n) is 9.96. The van der Waals surface area contributed by atoms with E-state index in [1.807, 2.05) is 11.1 Å². The topological polar surface area (TPSA) is 61.4 Å². The summed E-state index contributed by atoms with van der Waals surface area (Å²) in [4.78, 5) is 3.12. The monoisotopic (exact) mass is 397 g/mol. The third kappa shape index (κ3) is 4.36. The number of aryl methyl sites for hydroxylation is 1. The van der Waals surface area contributed by atoms with Crippen LogP contribution in [0.15, 0.2) is 65.6 Å². The number of sulfonamides is 1. The van der Waals surface area contributed by atoms with Crippen LogP contribution < -0.4 is 10.1 Å². The molecule has 0 radical (unpaired) electrons. The predicted molar refractivity (Wildman–Crippen MR) is 112 cm³/mol. The van der Waals surface area contributed by atoms with E-state index in [0.717, 1.165) is 38.8 Å². The molecule has 4 rings (SSSR count). The molecule has 0 spiro atoms. The summed E-state index contributed by atoms with van der Waals surface area (Å²) in [5.41, 5.74) is 4.16. The molecule has 1 aliphatic carbocycles. The normalized spacial score (nSPS) is 20.4. The number of nitrogens with zero attached hydrogens (tertiary/aromatic N) is 1. The average molecular weight is 398 g/mol. The Morgan fingerprint density at radius 1 is 1.07 bits per heavy atom. The number of benzene rings is 2. The van der Waals surface area contributed by atoms with Crippen molar-refractivity contribution in [2.24, 2.45) is 0 Å². The molecule has 1 fully saturated rings. The van der Waals surface area contributed by atoms with Crippen LogP contribution in [-0.4, -0.2) is 39.1 Å². The molecule has 1 saturated heterocycles. The fraction of sp³-hybridized carbons (Fsp3) is 0.364. The van der Waals surface area contributed by atoms with Crippen molar-refractivity contribution in [2.75, 3.05) is 19.6 Å². The summed E-state index contributed by atoms with van der Waals surface area (Å²) in [5, 5.41) is 5.30. The van der Waals surface area contributed by atoms with Gasteiger partial charge in [0.05, 0.1) is 4.90 Å². The van der Waals surface area contributed by atoms with Gasteiger partial charge < -0.3 is 5.32 Å². The molecule has 0 saturated carbocycles. The van der Waals surface area contributed by atoms with Crippen LogP contribution in [0.4, 0.5) is 0 Å². The Bertz CT molecular complexity index is 941. The molecule has 0 aromatic heterocycles.